The van der Waals surface area contributed by atoms with Crippen molar-refractivity contribution in [2.45, 2.75) is 45.2 Å². The first-order chi connectivity index (χ1) is 14.4. The number of aryl methyl sites for hydroxylation is 1. The molecule has 3 N–H and O–H groups in total. The summed E-state index contributed by atoms with van der Waals surface area (Å²) in [6, 6.07) is 8.59. The van der Waals surface area contributed by atoms with Gasteiger partial charge in [-0.25, -0.2) is 4.98 Å². The fraction of sp³-hybridized carbons (Fsp3) is 0.318. The number of pyridine rings is 1. The smallest absolute Gasteiger partial charge is 0.255 e. The summed E-state index contributed by atoms with van der Waals surface area (Å²) in [5.41, 5.74) is 9.78. The van der Waals surface area contributed by atoms with E-state index in [4.69, 9.17) is 5.73 Å². The zero-order valence-corrected chi connectivity index (χ0v) is 16.6. The maximum atomic E-state index is 12.9. The molecule has 2 aliphatic heterocycles. The summed E-state index contributed by atoms with van der Waals surface area (Å²) in [6.07, 6.45) is 2.11. The van der Waals surface area contributed by atoms with Crippen molar-refractivity contribution >= 4 is 23.5 Å². The number of carbonyl (C=O) groups excluding carboxylic acids is 3. The number of rotatable bonds is 4. The molecule has 1 aromatic carbocycles. The zero-order chi connectivity index (χ0) is 21.4. The van der Waals surface area contributed by atoms with Gasteiger partial charge in [0.05, 0.1) is 11.3 Å². The lowest BCUT2D eigenvalue weighted by molar-refractivity contribution is -0.136. The van der Waals surface area contributed by atoms with E-state index in [0.717, 1.165) is 24.0 Å². The van der Waals surface area contributed by atoms with E-state index in [1.807, 2.05) is 13.0 Å². The number of hydrogen-bond acceptors (Lipinski definition) is 6. The first-order valence-corrected chi connectivity index (χ1v) is 9.90. The number of anilines is 1. The lowest BCUT2D eigenvalue weighted by Gasteiger charge is -2.29. The van der Waals surface area contributed by atoms with Gasteiger partial charge in [-0.1, -0.05) is 19.4 Å². The van der Waals surface area contributed by atoms with E-state index < -0.39 is 11.9 Å². The van der Waals surface area contributed by atoms with Crippen LogP contribution in [-0.2, 0) is 22.6 Å². The highest BCUT2D eigenvalue weighted by molar-refractivity contribution is 6.05. The molecule has 8 heteroatoms. The topological polar surface area (TPSA) is 129 Å². The van der Waals surface area contributed by atoms with Crippen molar-refractivity contribution in [3.8, 4) is 17.3 Å². The van der Waals surface area contributed by atoms with Gasteiger partial charge in [-0.3, -0.25) is 19.7 Å². The van der Waals surface area contributed by atoms with Crippen LogP contribution in [0.4, 0.5) is 5.82 Å². The number of hydrogen-bond donors (Lipinski definition) is 2. The Bertz CT molecular complexity index is 1120. The number of imide groups is 1. The number of fused-ring (bicyclic) bond motifs is 1. The first-order valence-electron chi connectivity index (χ1n) is 9.90. The minimum absolute atomic E-state index is 0.209. The molecule has 3 heterocycles. The predicted octanol–water partition coefficient (Wildman–Crippen LogP) is 1.92. The molecule has 0 saturated carbocycles. The summed E-state index contributed by atoms with van der Waals surface area (Å²) in [5, 5.41) is 12.0. The van der Waals surface area contributed by atoms with Crippen molar-refractivity contribution in [1.82, 2.24) is 15.2 Å². The van der Waals surface area contributed by atoms with Crippen LogP contribution in [0.1, 0.15) is 53.2 Å². The SMILES string of the molecule is CCCc1cc(N)nc(-c2ccc3c(c2)CN(C2CCC(=O)NC2=O)C3=O)c1C#N. The summed E-state index contributed by atoms with van der Waals surface area (Å²) in [6.45, 7) is 2.29. The third kappa shape index (κ3) is 3.28. The second-order valence-corrected chi connectivity index (χ2v) is 7.56. The standard InChI is InChI=1S/C22H21N5O3/c1-2-3-12-9-18(24)25-20(16(12)10-23)13-4-5-15-14(8-13)11-27(22(15)30)17-6-7-19(28)26-21(17)29/h4-5,8-9,17H,2-3,6-7,11H2,1H3,(H2,24,25)(H,26,28,29). The Morgan fingerprint density at radius 3 is 2.80 bits per heavy atom. The molecule has 0 radical (unpaired) electrons. The van der Waals surface area contributed by atoms with Crippen LogP contribution >= 0.6 is 0 Å². The van der Waals surface area contributed by atoms with Crippen LogP contribution in [0.15, 0.2) is 24.3 Å². The Morgan fingerprint density at radius 2 is 2.10 bits per heavy atom. The van der Waals surface area contributed by atoms with E-state index in [0.29, 0.717) is 34.6 Å². The molecular formula is C22H21N5O3. The van der Waals surface area contributed by atoms with Crippen molar-refractivity contribution in [3.63, 3.8) is 0 Å². The second-order valence-electron chi connectivity index (χ2n) is 7.56. The van der Waals surface area contributed by atoms with E-state index in [2.05, 4.69) is 16.4 Å². The molecule has 0 aliphatic carbocycles. The van der Waals surface area contributed by atoms with Crippen molar-refractivity contribution < 1.29 is 14.4 Å². The summed E-state index contributed by atoms with van der Waals surface area (Å²) < 4.78 is 0. The predicted molar refractivity (Wildman–Crippen MR) is 109 cm³/mol. The lowest BCUT2D eigenvalue weighted by Crippen LogP contribution is -2.52. The van der Waals surface area contributed by atoms with Crippen LogP contribution in [0.3, 0.4) is 0 Å². The third-order valence-corrected chi connectivity index (χ3v) is 5.55. The molecule has 2 aliphatic rings. The van der Waals surface area contributed by atoms with E-state index in [1.54, 1.807) is 18.2 Å². The normalized spacial score (nSPS) is 18.2. The minimum Gasteiger partial charge on any atom is -0.384 e. The summed E-state index contributed by atoms with van der Waals surface area (Å²) in [5.74, 6) is -0.656. The number of carbonyl (C=O) groups is 3. The molecule has 4 rings (SSSR count). The molecule has 0 bridgehead atoms. The van der Waals surface area contributed by atoms with Gasteiger partial charge in [0, 0.05) is 24.1 Å². The Hall–Kier alpha value is -3.73. The maximum absolute atomic E-state index is 12.9. The van der Waals surface area contributed by atoms with Crippen LogP contribution in [0.5, 0.6) is 0 Å². The Morgan fingerprint density at radius 1 is 1.30 bits per heavy atom. The number of nitriles is 1. The van der Waals surface area contributed by atoms with Gasteiger partial charge in [0.15, 0.2) is 0 Å². The van der Waals surface area contributed by atoms with Gasteiger partial charge in [-0.15, -0.1) is 0 Å². The molecule has 3 amide bonds. The van der Waals surface area contributed by atoms with E-state index in [9.17, 15) is 19.6 Å². The number of nitrogens with two attached hydrogens (primary N) is 1. The van der Waals surface area contributed by atoms with Crippen molar-refractivity contribution in [2.75, 3.05) is 5.73 Å². The summed E-state index contributed by atoms with van der Waals surface area (Å²) >= 11 is 0. The maximum Gasteiger partial charge on any atom is 0.255 e. The van der Waals surface area contributed by atoms with Crippen LogP contribution in [-0.4, -0.2) is 33.6 Å². The van der Waals surface area contributed by atoms with E-state index in [-0.39, 0.29) is 24.8 Å². The zero-order valence-electron chi connectivity index (χ0n) is 16.6. The molecule has 1 fully saturated rings. The van der Waals surface area contributed by atoms with Crippen LogP contribution in [0.25, 0.3) is 11.3 Å². The second kappa shape index (κ2) is 7.59. The lowest BCUT2D eigenvalue weighted by atomic mass is 9.96. The Balaban J connectivity index is 1.70. The number of aromatic nitrogens is 1. The van der Waals surface area contributed by atoms with Gasteiger partial charge in [-0.2, -0.15) is 5.26 Å². The first kappa shape index (κ1) is 19.6. The molecule has 2 aromatic rings. The number of nitrogens with zero attached hydrogens (tertiary/aromatic N) is 3. The quantitative estimate of drug-likeness (QED) is 0.750. The number of nitrogen functional groups attached to an aromatic ring is 1. The number of nitrogens with one attached hydrogen (secondary N) is 1. The minimum atomic E-state index is -0.664. The highest BCUT2D eigenvalue weighted by atomic mass is 16.2. The Labute approximate surface area is 173 Å². The highest BCUT2D eigenvalue weighted by Gasteiger charge is 2.39. The molecular weight excluding hydrogens is 382 g/mol. The average molecular weight is 403 g/mol. The fourth-order valence-corrected chi connectivity index (χ4v) is 4.14. The van der Waals surface area contributed by atoms with Gasteiger partial charge >= 0.3 is 0 Å². The van der Waals surface area contributed by atoms with Crippen LogP contribution < -0.4 is 11.1 Å². The monoisotopic (exact) mass is 403 g/mol. The van der Waals surface area contributed by atoms with Gasteiger partial charge in [-0.05, 0) is 42.2 Å². The number of benzene rings is 1. The van der Waals surface area contributed by atoms with Gasteiger partial charge < -0.3 is 10.6 Å². The average Bonchev–Trinajstić information content (AvgIpc) is 3.03. The molecule has 1 aromatic heterocycles. The van der Waals surface area contributed by atoms with E-state index >= 15 is 0 Å². The fourth-order valence-electron chi connectivity index (χ4n) is 4.14. The molecule has 152 valence electrons. The molecule has 0 spiro atoms. The Kier molecular flexibility index (Phi) is 4.96. The van der Waals surface area contributed by atoms with Crippen molar-refractivity contribution in [2.24, 2.45) is 0 Å². The van der Waals surface area contributed by atoms with E-state index in [1.165, 1.54) is 4.90 Å². The highest BCUT2D eigenvalue weighted by Crippen LogP contribution is 2.33. The van der Waals surface area contributed by atoms with Gasteiger partial charge in [0.25, 0.3) is 5.91 Å². The molecule has 30 heavy (non-hydrogen) atoms. The molecule has 1 atom stereocenters. The van der Waals surface area contributed by atoms with Crippen LogP contribution in [0.2, 0.25) is 0 Å². The molecule has 1 unspecified atom stereocenters. The summed E-state index contributed by atoms with van der Waals surface area (Å²) in [4.78, 5) is 42.4. The number of piperidine rings is 1. The molecule has 8 nitrogen and oxygen atoms in total. The van der Waals surface area contributed by atoms with Crippen LogP contribution in [0, 0.1) is 11.3 Å². The molecule has 1 saturated heterocycles. The van der Waals surface area contributed by atoms with Crippen molar-refractivity contribution in [3.05, 3.63) is 46.5 Å². The number of amides is 3. The van der Waals surface area contributed by atoms with Gasteiger partial charge in [0.2, 0.25) is 11.8 Å². The summed E-state index contributed by atoms with van der Waals surface area (Å²) in [7, 11) is 0. The largest absolute Gasteiger partial charge is 0.384 e. The van der Waals surface area contributed by atoms with Gasteiger partial charge in [0.1, 0.15) is 17.9 Å². The third-order valence-electron chi connectivity index (χ3n) is 5.55. The van der Waals surface area contributed by atoms with Crippen molar-refractivity contribution in [1.29, 1.82) is 5.26 Å².